The van der Waals surface area contributed by atoms with Crippen molar-refractivity contribution in [2.24, 2.45) is 0 Å². The lowest BCUT2D eigenvalue weighted by Crippen LogP contribution is -2.19. The third-order valence-electron chi connectivity index (χ3n) is 2.36. The van der Waals surface area contributed by atoms with Gasteiger partial charge in [0.1, 0.15) is 0 Å². The van der Waals surface area contributed by atoms with Crippen LogP contribution in [-0.4, -0.2) is 26.1 Å². The van der Waals surface area contributed by atoms with Gasteiger partial charge in [0.05, 0.1) is 13.2 Å². The minimum Gasteiger partial charge on any atom is -0.377 e. The number of benzene rings is 1. The molecule has 1 aromatic carbocycles. The van der Waals surface area contributed by atoms with Crippen LogP contribution in [0, 0.1) is 0 Å². The molecule has 1 rings (SSSR count). The molecule has 0 atom stereocenters. The average molecular weight is 317 g/mol. The van der Waals surface area contributed by atoms with Gasteiger partial charge in [0.15, 0.2) is 6.29 Å². The minimum atomic E-state index is -0.150. The minimum absolute atomic E-state index is 0.150. The Kier molecular flexibility index (Phi) is 8.25. The van der Waals surface area contributed by atoms with E-state index < -0.39 is 0 Å². The summed E-state index contributed by atoms with van der Waals surface area (Å²) in [7, 11) is 0. The van der Waals surface area contributed by atoms with E-state index in [1.54, 1.807) is 0 Å². The molecular weight excluding hydrogens is 296 g/mol. The molecule has 18 heavy (non-hydrogen) atoms. The summed E-state index contributed by atoms with van der Waals surface area (Å²) in [5.74, 6) is 0. The van der Waals surface area contributed by atoms with E-state index in [9.17, 15) is 0 Å². The summed E-state index contributed by atoms with van der Waals surface area (Å²) in [6.07, 6.45) is 0.609. The van der Waals surface area contributed by atoms with Crippen molar-refractivity contribution in [1.29, 1.82) is 0 Å². The molecule has 0 saturated carbocycles. The van der Waals surface area contributed by atoms with Crippen LogP contribution in [0.5, 0.6) is 0 Å². The molecule has 0 saturated heterocycles. The van der Waals surface area contributed by atoms with Gasteiger partial charge < -0.3 is 14.2 Å². The van der Waals surface area contributed by atoms with Crippen molar-refractivity contribution in [2.45, 2.75) is 33.2 Å². The van der Waals surface area contributed by atoms with Crippen LogP contribution in [0.4, 0.5) is 0 Å². The standard InChI is InChI=1S/C14H21BrO3/c1-3-17-14(18-4-2)8-9-16-11-12-6-5-7-13(15)10-12/h5-7,10,14H,3-4,8-9,11H2,1-2H3. The van der Waals surface area contributed by atoms with E-state index in [0.717, 1.165) is 16.5 Å². The van der Waals surface area contributed by atoms with Crippen LogP contribution in [0.25, 0.3) is 0 Å². The zero-order valence-electron chi connectivity index (χ0n) is 11.0. The van der Waals surface area contributed by atoms with Crippen molar-refractivity contribution in [3.8, 4) is 0 Å². The van der Waals surface area contributed by atoms with Crippen LogP contribution < -0.4 is 0 Å². The summed E-state index contributed by atoms with van der Waals surface area (Å²) in [5, 5.41) is 0. The number of ether oxygens (including phenoxy) is 3. The van der Waals surface area contributed by atoms with Crippen LogP contribution in [0.1, 0.15) is 25.8 Å². The third-order valence-corrected chi connectivity index (χ3v) is 2.85. The number of rotatable bonds is 9. The van der Waals surface area contributed by atoms with E-state index >= 15 is 0 Å². The molecule has 0 aromatic heterocycles. The molecule has 0 unspecified atom stereocenters. The first kappa shape index (κ1) is 15.6. The molecule has 0 aliphatic heterocycles. The highest BCUT2D eigenvalue weighted by Crippen LogP contribution is 2.12. The van der Waals surface area contributed by atoms with Gasteiger partial charge in [0.25, 0.3) is 0 Å². The summed E-state index contributed by atoms with van der Waals surface area (Å²) in [6, 6.07) is 8.12. The fourth-order valence-corrected chi connectivity index (χ4v) is 2.03. The molecule has 0 aliphatic carbocycles. The molecule has 0 amide bonds. The Morgan fingerprint density at radius 2 is 1.89 bits per heavy atom. The number of halogens is 1. The smallest absolute Gasteiger partial charge is 0.159 e. The maximum absolute atomic E-state index is 5.62. The maximum Gasteiger partial charge on any atom is 0.159 e. The second-order valence-electron chi connectivity index (χ2n) is 3.81. The van der Waals surface area contributed by atoms with Crippen molar-refractivity contribution in [3.05, 3.63) is 34.3 Å². The van der Waals surface area contributed by atoms with E-state index in [0.29, 0.717) is 26.4 Å². The predicted octanol–water partition coefficient (Wildman–Crippen LogP) is 3.75. The van der Waals surface area contributed by atoms with Gasteiger partial charge in [-0.3, -0.25) is 0 Å². The summed E-state index contributed by atoms with van der Waals surface area (Å²) in [4.78, 5) is 0. The fraction of sp³-hybridized carbons (Fsp3) is 0.571. The Balaban J connectivity index is 2.20. The van der Waals surface area contributed by atoms with Gasteiger partial charge in [-0.25, -0.2) is 0 Å². The molecule has 0 aliphatic rings. The Hall–Kier alpha value is -0.420. The van der Waals surface area contributed by atoms with Gasteiger partial charge in [-0.1, -0.05) is 28.1 Å². The SMILES string of the molecule is CCOC(CCOCc1cccc(Br)c1)OCC. The van der Waals surface area contributed by atoms with Crippen molar-refractivity contribution in [1.82, 2.24) is 0 Å². The van der Waals surface area contributed by atoms with Crippen LogP contribution >= 0.6 is 15.9 Å². The topological polar surface area (TPSA) is 27.7 Å². The quantitative estimate of drug-likeness (QED) is 0.513. The van der Waals surface area contributed by atoms with Crippen LogP contribution in [-0.2, 0) is 20.8 Å². The molecule has 0 radical (unpaired) electrons. The lowest BCUT2D eigenvalue weighted by molar-refractivity contribution is -0.147. The molecule has 0 N–H and O–H groups in total. The average Bonchev–Trinajstić information content (AvgIpc) is 2.35. The molecule has 0 spiro atoms. The highest BCUT2D eigenvalue weighted by molar-refractivity contribution is 9.10. The molecule has 0 heterocycles. The maximum atomic E-state index is 5.62. The van der Waals surface area contributed by atoms with Gasteiger partial charge in [-0.15, -0.1) is 0 Å². The molecule has 4 heteroatoms. The van der Waals surface area contributed by atoms with E-state index in [1.165, 1.54) is 0 Å². The highest BCUT2D eigenvalue weighted by atomic mass is 79.9. The van der Waals surface area contributed by atoms with Crippen molar-refractivity contribution >= 4 is 15.9 Å². The second kappa shape index (κ2) is 9.50. The number of hydrogen-bond donors (Lipinski definition) is 0. The van der Waals surface area contributed by atoms with Crippen LogP contribution in [0.15, 0.2) is 28.7 Å². The lowest BCUT2D eigenvalue weighted by Gasteiger charge is -2.16. The van der Waals surface area contributed by atoms with Crippen LogP contribution in [0.3, 0.4) is 0 Å². The van der Waals surface area contributed by atoms with Crippen molar-refractivity contribution < 1.29 is 14.2 Å². The highest BCUT2D eigenvalue weighted by Gasteiger charge is 2.07. The second-order valence-corrected chi connectivity index (χ2v) is 4.73. The number of hydrogen-bond acceptors (Lipinski definition) is 3. The molecule has 0 fully saturated rings. The van der Waals surface area contributed by atoms with Gasteiger partial charge in [0, 0.05) is 24.1 Å². The summed E-state index contributed by atoms with van der Waals surface area (Å²) in [6.45, 7) is 6.51. The monoisotopic (exact) mass is 316 g/mol. The first-order valence-electron chi connectivity index (χ1n) is 6.31. The van der Waals surface area contributed by atoms with Gasteiger partial charge >= 0.3 is 0 Å². The van der Waals surface area contributed by atoms with Gasteiger partial charge in [-0.2, -0.15) is 0 Å². The zero-order chi connectivity index (χ0) is 13.2. The normalized spacial score (nSPS) is 11.1. The lowest BCUT2D eigenvalue weighted by atomic mass is 10.2. The van der Waals surface area contributed by atoms with E-state index in [2.05, 4.69) is 22.0 Å². The summed E-state index contributed by atoms with van der Waals surface area (Å²) in [5.41, 5.74) is 1.16. The molecule has 102 valence electrons. The van der Waals surface area contributed by atoms with E-state index in [1.807, 2.05) is 32.0 Å². The first-order chi connectivity index (χ1) is 8.76. The Morgan fingerprint density at radius 3 is 2.50 bits per heavy atom. The molecule has 0 bridgehead atoms. The van der Waals surface area contributed by atoms with Crippen molar-refractivity contribution in [2.75, 3.05) is 19.8 Å². The zero-order valence-corrected chi connectivity index (χ0v) is 12.6. The van der Waals surface area contributed by atoms with E-state index in [4.69, 9.17) is 14.2 Å². The van der Waals surface area contributed by atoms with Crippen LogP contribution in [0.2, 0.25) is 0 Å². The molecule has 1 aromatic rings. The van der Waals surface area contributed by atoms with Crippen molar-refractivity contribution in [3.63, 3.8) is 0 Å². The summed E-state index contributed by atoms with van der Waals surface area (Å²) < 4.78 is 17.6. The van der Waals surface area contributed by atoms with Gasteiger partial charge in [0.2, 0.25) is 0 Å². The Morgan fingerprint density at radius 1 is 1.17 bits per heavy atom. The third kappa shape index (κ3) is 6.50. The predicted molar refractivity (Wildman–Crippen MR) is 75.5 cm³/mol. The molecule has 3 nitrogen and oxygen atoms in total. The Bertz CT molecular complexity index is 325. The fourth-order valence-electron chi connectivity index (χ4n) is 1.58. The van der Waals surface area contributed by atoms with Gasteiger partial charge in [-0.05, 0) is 31.5 Å². The Labute approximate surface area is 118 Å². The molecular formula is C14H21BrO3. The summed E-state index contributed by atoms with van der Waals surface area (Å²) >= 11 is 3.44. The largest absolute Gasteiger partial charge is 0.377 e. The van der Waals surface area contributed by atoms with E-state index in [-0.39, 0.29) is 6.29 Å². The first-order valence-corrected chi connectivity index (χ1v) is 7.11.